The van der Waals surface area contributed by atoms with Crippen molar-refractivity contribution >= 4 is 0 Å². The average molecular weight is 364 g/mol. The highest BCUT2D eigenvalue weighted by atomic mass is 15.2. The van der Waals surface area contributed by atoms with Crippen molar-refractivity contribution in [2.75, 3.05) is 59.4 Å². The van der Waals surface area contributed by atoms with Crippen molar-refractivity contribution in [1.82, 2.24) is 14.7 Å². The van der Waals surface area contributed by atoms with Crippen molar-refractivity contribution in [3.8, 4) is 0 Å². The highest BCUT2D eigenvalue weighted by molar-refractivity contribution is 4.96. The quantitative estimate of drug-likeness (QED) is 0.541. The minimum absolute atomic E-state index is 0.630. The molecule has 0 bridgehead atoms. The predicted molar refractivity (Wildman–Crippen MR) is 113 cm³/mol. The van der Waals surface area contributed by atoms with Crippen molar-refractivity contribution in [3.63, 3.8) is 0 Å². The lowest BCUT2D eigenvalue weighted by Gasteiger charge is -2.49. The predicted octanol–water partition coefficient (Wildman–Crippen LogP) is 4.33. The second-order valence-corrected chi connectivity index (χ2v) is 10.4. The van der Waals surface area contributed by atoms with Gasteiger partial charge in [-0.25, -0.2) is 0 Å². The number of hydrogen-bond acceptors (Lipinski definition) is 3. The molecule has 3 aliphatic rings. The molecule has 152 valence electrons. The summed E-state index contributed by atoms with van der Waals surface area (Å²) in [5, 5.41) is 0. The van der Waals surface area contributed by atoms with Gasteiger partial charge < -0.3 is 14.7 Å². The molecule has 0 radical (unpaired) electrons. The van der Waals surface area contributed by atoms with Crippen LogP contribution in [0.2, 0.25) is 0 Å². The van der Waals surface area contributed by atoms with Crippen molar-refractivity contribution in [3.05, 3.63) is 0 Å². The van der Waals surface area contributed by atoms with Gasteiger partial charge in [0.15, 0.2) is 0 Å². The molecule has 0 amide bonds. The zero-order valence-corrected chi connectivity index (χ0v) is 18.2. The molecular weight excluding hydrogens is 318 g/mol. The summed E-state index contributed by atoms with van der Waals surface area (Å²) in [6.45, 7) is 17.8. The van der Waals surface area contributed by atoms with Gasteiger partial charge in [-0.15, -0.1) is 0 Å². The van der Waals surface area contributed by atoms with Gasteiger partial charge in [-0.2, -0.15) is 0 Å². The topological polar surface area (TPSA) is 9.72 Å². The molecule has 0 atom stereocenters. The summed E-state index contributed by atoms with van der Waals surface area (Å²) in [4.78, 5) is 8.02. The van der Waals surface area contributed by atoms with Gasteiger partial charge >= 0.3 is 0 Å². The summed E-state index contributed by atoms with van der Waals surface area (Å²) in [5.74, 6) is 0.970. The zero-order valence-electron chi connectivity index (χ0n) is 18.2. The van der Waals surface area contributed by atoms with Crippen LogP contribution in [-0.2, 0) is 0 Å². The number of likely N-dealkylation sites (N-methyl/N-ethyl adjacent to an activating group) is 1. The van der Waals surface area contributed by atoms with Gasteiger partial charge in [0.05, 0.1) is 0 Å². The first-order valence-electron chi connectivity index (χ1n) is 11.6. The van der Waals surface area contributed by atoms with Crippen LogP contribution in [0.25, 0.3) is 0 Å². The second kappa shape index (κ2) is 8.92. The van der Waals surface area contributed by atoms with Crippen molar-refractivity contribution in [2.45, 2.75) is 72.1 Å². The molecule has 0 unspecified atom stereocenters. The Labute approximate surface area is 163 Å². The number of rotatable bonds is 11. The summed E-state index contributed by atoms with van der Waals surface area (Å²) >= 11 is 0. The minimum atomic E-state index is 0.630. The smallest absolute Gasteiger partial charge is 0.0110 e. The second-order valence-electron chi connectivity index (χ2n) is 10.4. The van der Waals surface area contributed by atoms with Crippen LogP contribution in [0.5, 0.6) is 0 Å². The molecule has 3 rings (SSSR count). The molecule has 1 saturated heterocycles. The monoisotopic (exact) mass is 363 g/mol. The van der Waals surface area contributed by atoms with E-state index in [9.17, 15) is 0 Å². The molecule has 0 spiro atoms. The average Bonchev–Trinajstić information content (AvgIpc) is 3.38. The van der Waals surface area contributed by atoms with E-state index in [0.717, 1.165) is 5.92 Å². The molecule has 2 saturated carbocycles. The summed E-state index contributed by atoms with van der Waals surface area (Å²) in [5.41, 5.74) is 1.34. The highest BCUT2D eigenvalue weighted by Crippen LogP contribution is 2.50. The van der Waals surface area contributed by atoms with Crippen molar-refractivity contribution in [1.29, 1.82) is 0 Å². The number of piperazine rings is 1. The maximum atomic E-state index is 2.83. The molecule has 0 aromatic rings. The van der Waals surface area contributed by atoms with Crippen LogP contribution in [0.3, 0.4) is 0 Å². The lowest BCUT2D eigenvalue weighted by atomic mass is 9.61. The van der Waals surface area contributed by atoms with Gasteiger partial charge in [0.2, 0.25) is 0 Å². The first kappa shape index (κ1) is 20.6. The van der Waals surface area contributed by atoms with E-state index in [1.165, 1.54) is 104 Å². The third-order valence-corrected chi connectivity index (χ3v) is 7.80. The third-order valence-electron chi connectivity index (χ3n) is 7.80. The summed E-state index contributed by atoms with van der Waals surface area (Å²) in [6, 6.07) is 0. The highest BCUT2D eigenvalue weighted by Gasteiger charge is 2.43. The molecule has 0 aromatic heterocycles. The third kappa shape index (κ3) is 5.69. The van der Waals surface area contributed by atoms with Gasteiger partial charge in [-0.05, 0) is 81.8 Å². The largest absolute Gasteiger partial charge is 0.304 e. The Bertz CT molecular complexity index is 417. The molecule has 3 heteroatoms. The minimum Gasteiger partial charge on any atom is -0.304 e. The van der Waals surface area contributed by atoms with E-state index < -0.39 is 0 Å². The van der Waals surface area contributed by atoms with Crippen LogP contribution in [-0.4, -0.2) is 74.1 Å². The molecule has 1 aliphatic heterocycles. The van der Waals surface area contributed by atoms with E-state index in [0.29, 0.717) is 10.8 Å². The first-order valence-corrected chi connectivity index (χ1v) is 11.6. The number of nitrogens with zero attached hydrogens (tertiary/aromatic N) is 3. The molecular formula is C23H45N3. The van der Waals surface area contributed by atoms with E-state index in [-0.39, 0.29) is 0 Å². The van der Waals surface area contributed by atoms with Gasteiger partial charge in [-0.3, -0.25) is 0 Å². The molecule has 3 nitrogen and oxygen atoms in total. The Morgan fingerprint density at radius 3 is 2.27 bits per heavy atom. The van der Waals surface area contributed by atoms with Crippen molar-refractivity contribution in [2.24, 2.45) is 16.7 Å². The fourth-order valence-corrected chi connectivity index (χ4v) is 5.42. The molecule has 1 heterocycles. The van der Waals surface area contributed by atoms with E-state index >= 15 is 0 Å². The maximum Gasteiger partial charge on any atom is 0.0110 e. The Balaban J connectivity index is 1.37. The summed E-state index contributed by atoms with van der Waals surface area (Å²) in [6.07, 6.45) is 11.4. The Morgan fingerprint density at radius 1 is 1.00 bits per heavy atom. The van der Waals surface area contributed by atoms with E-state index in [2.05, 4.69) is 42.5 Å². The fourth-order valence-electron chi connectivity index (χ4n) is 5.42. The summed E-state index contributed by atoms with van der Waals surface area (Å²) in [7, 11) is 2.26. The van der Waals surface area contributed by atoms with Gasteiger partial charge in [0, 0.05) is 39.3 Å². The van der Waals surface area contributed by atoms with E-state index in [1.54, 1.807) is 0 Å². The molecule has 0 aromatic carbocycles. The Hall–Kier alpha value is -0.120. The van der Waals surface area contributed by atoms with Gasteiger partial charge in [-0.1, -0.05) is 27.2 Å². The zero-order chi connectivity index (χ0) is 18.6. The molecule has 3 fully saturated rings. The van der Waals surface area contributed by atoms with Crippen LogP contribution >= 0.6 is 0 Å². The standard InChI is InChI=1S/C23H45N3/c1-5-7-11-26(20-23(6-2)8-9-23)12-10-22(3)17-21(18-22)19-25-15-13-24(4)14-16-25/h21H,5-20H2,1-4H3. The van der Waals surface area contributed by atoms with Crippen LogP contribution in [0.15, 0.2) is 0 Å². The fraction of sp³-hybridized carbons (Fsp3) is 1.00. The normalized spacial score (nSPS) is 32.0. The van der Waals surface area contributed by atoms with Crippen LogP contribution < -0.4 is 0 Å². The van der Waals surface area contributed by atoms with Crippen molar-refractivity contribution < 1.29 is 0 Å². The molecule has 0 N–H and O–H groups in total. The van der Waals surface area contributed by atoms with Gasteiger partial charge in [0.25, 0.3) is 0 Å². The van der Waals surface area contributed by atoms with Crippen LogP contribution in [0, 0.1) is 16.7 Å². The Kier molecular flexibility index (Phi) is 7.07. The SMILES string of the molecule is CCCCN(CCC1(C)CC(CN2CCN(C)CC2)C1)CC1(CC)CC1. The number of unbranched alkanes of at least 4 members (excludes halogenated alkanes) is 1. The number of hydrogen-bond donors (Lipinski definition) is 0. The molecule has 26 heavy (non-hydrogen) atoms. The molecule has 2 aliphatic carbocycles. The maximum absolute atomic E-state index is 2.83. The first-order chi connectivity index (χ1) is 12.5. The van der Waals surface area contributed by atoms with Crippen LogP contribution in [0.4, 0.5) is 0 Å². The van der Waals surface area contributed by atoms with E-state index in [4.69, 9.17) is 0 Å². The van der Waals surface area contributed by atoms with Gasteiger partial charge in [0.1, 0.15) is 0 Å². The lowest BCUT2D eigenvalue weighted by Crippen LogP contribution is -2.49. The lowest BCUT2D eigenvalue weighted by molar-refractivity contribution is 0.0170. The Morgan fingerprint density at radius 2 is 1.69 bits per heavy atom. The summed E-state index contributed by atoms with van der Waals surface area (Å²) < 4.78 is 0. The van der Waals surface area contributed by atoms with Crippen LogP contribution in [0.1, 0.15) is 72.1 Å². The van der Waals surface area contributed by atoms with E-state index in [1.807, 2.05) is 0 Å².